The number of ether oxygens (including phenoxy) is 1. The highest BCUT2D eigenvalue weighted by Crippen LogP contribution is 2.24. The normalized spacial score (nSPS) is 23.0. The second-order valence-corrected chi connectivity index (χ2v) is 4.39. The molecule has 1 aliphatic rings. The van der Waals surface area contributed by atoms with Gasteiger partial charge in [-0.15, -0.1) is 0 Å². The summed E-state index contributed by atoms with van der Waals surface area (Å²) in [5, 5.41) is 0. The van der Waals surface area contributed by atoms with Crippen LogP contribution < -0.4 is 0 Å². The van der Waals surface area contributed by atoms with Crippen molar-refractivity contribution in [3.05, 3.63) is 35.9 Å². The molecule has 0 N–H and O–H groups in total. The minimum absolute atomic E-state index is 0.509. The first-order valence-corrected chi connectivity index (χ1v) is 7.08. The number of rotatable bonds is 4. The average Bonchev–Trinajstić information content (AvgIpc) is 2.88. The quantitative estimate of drug-likeness (QED) is 0.739. The fraction of sp³-hybridized carbons (Fsp3) is 0.625. The molecule has 0 amide bonds. The summed E-state index contributed by atoms with van der Waals surface area (Å²) in [6.45, 7) is 6.21. The summed E-state index contributed by atoms with van der Waals surface area (Å²) in [6, 6.07) is 10.7. The Kier molecular flexibility index (Phi) is 6.95. The highest BCUT2D eigenvalue weighted by atomic mass is 16.5. The van der Waals surface area contributed by atoms with Crippen molar-refractivity contribution >= 4 is 0 Å². The second kappa shape index (κ2) is 8.30. The van der Waals surface area contributed by atoms with Crippen LogP contribution in [0.1, 0.15) is 52.0 Å². The van der Waals surface area contributed by atoms with Crippen molar-refractivity contribution in [2.24, 2.45) is 0 Å². The SMILES string of the molecule is CC.CCC1CCC(CCc2ccccc2)O1. The van der Waals surface area contributed by atoms with E-state index in [9.17, 15) is 0 Å². The highest BCUT2D eigenvalue weighted by Gasteiger charge is 2.23. The smallest absolute Gasteiger partial charge is 0.0583 e. The Morgan fingerprint density at radius 2 is 1.71 bits per heavy atom. The van der Waals surface area contributed by atoms with E-state index in [-0.39, 0.29) is 0 Å². The summed E-state index contributed by atoms with van der Waals surface area (Å²) >= 11 is 0. The largest absolute Gasteiger partial charge is 0.375 e. The monoisotopic (exact) mass is 234 g/mol. The second-order valence-electron chi connectivity index (χ2n) is 4.39. The molecule has 1 nitrogen and oxygen atoms in total. The molecule has 0 bridgehead atoms. The number of hydrogen-bond acceptors (Lipinski definition) is 1. The lowest BCUT2D eigenvalue weighted by Crippen LogP contribution is -2.10. The summed E-state index contributed by atoms with van der Waals surface area (Å²) in [7, 11) is 0. The van der Waals surface area contributed by atoms with Gasteiger partial charge in [-0.25, -0.2) is 0 Å². The molecule has 2 unspecified atom stereocenters. The first kappa shape index (κ1) is 14.2. The molecule has 1 aromatic rings. The Balaban J connectivity index is 0.000000686. The molecule has 96 valence electrons. The van der Waals surface area contributed by atoms with Crippen molar-refractivity contribution in [2.45, 2.75) is 65.1 Å². The third-order valence-corrected chi connectivity index (χ3v) is 3.25. The zero-order valence-electron chi connectivity index (χ0n) is 11.5. The lowest BCUT2D eigenvalue weighted by molar-refractivity contribution is 0.0391. The molecule has 0 aromatic heterocycles. The molecule has 0 saturated carbocycles. The van der Waals surface area contributed by atoms with E-state index in [4.69, 9.17) is 4.74 Å². The van der Waals surface area contributed by atoms with E-state index in [1.165, 1.54) is 31.2 Å². The zero-order valence-corrected chi connectivity index (χ0v) is 11.5. The molecule has 2 atom stereocenters. The molecule has 17 heavy (non-hydrogen) atoms. The summed E-state index contributed by atoms with van der Waals surface area (Å²) in [6.07, 6.45) is 7.06. The lowest BCUT2D eigenvalue weighted by atomic mass is 10.0. The van der Waals surface area contributed by atoms with Crippen LogP contribution in [0.5, 0.6) is 0 Å². The maximum absolute atomic E-state index is 5.93. The molecule has 0 radical (unpaired) electrons. The van der Waals surface area contributed by atoms with Crippen LogP contribution in [0.15, 0.2) is 30.3 Å². The van der Waals surface area contributed by atoms with Gasteiger partial charge in [0.2, 0.25) is 0 Å². The van der Waals surface area contributed by atoms with Crippen LogP contribution in [0, 0.1) is 0 Å². The van der Waals surface area contributed by atoms with Gasteiger partial charge in [-0.2, -0.15) is 0 Å². The molecule has 1 saturated heterocycles. The van der Waals surface area contributed by atoms with Gasteiger partial charge < -0.3 is 4.74 Å². The standard InChI is InChI=1S/C14H20O.C2H6/c1-2-13-10-11-14(15-13)9-8-12-6-4-3-5-7-12;1-2/h3-7,13-14H,2,8-11H2,1H3;1-2H3. The van der Waals surface area contributed by atoms with E-state index in [2.05, 4.69) is 37.3 Å². The predicted octanol–water partition coefficient (Wildman–Crippen LogP) is 4.60. The molecule has 0 aliphatic carbocycles. The molecular formula is C16H26O. The number of benzene rings is 1. The predicted molar refractivity (Wildman–Crippen MR) is 74.3 cm³/mol. The Bertz CT molecular complexity index is 281. The Morgan fingerprint density at radius 3 is 2.29 bits per heavy atom. The van der Waals surface area contributed by atoms with E-state index in [0.29, 0.717) is 12.2 Å². The third-order valence-electron chi connectivity index (χ3n) is 3.25. The van der Waals surface area contributed by atoms with Crippen molar-refractivity contribution in [1.29, 1.82) is 0 Å². The van der Waals surface area contributed by atoms with E-state index < -0.39 is 0 Å². The van der Waals surface area contributed by atoms with Crippen LogP contribution in [0.2, 0.25) is 0 Å². The van der Waals surface area contributed by atoms with Crippen molar-refractivity contribution < 1.29 is 4.74 Å². The van der Waals surface area contributed by atoms with Crippen molar-refractivity contribution in [1.82, 2.24) is 0 Å². The van der Waals surface area contributed by atoms with Crippen LogP contribution in [-0.2, 0) is 11.2 Å². The van der Waals surface area contributed by atoms with Crippen LogP contribution in [0.25, 0.3) is 0 Å². The van der Waals surface area contributed by atoms with Crippen LogP contribution in [0.4, 0.5) is 0 Å². The maximum Gasteiger partial charge on any atom is 0.0583 e. The minimum atomic E-state index is 0.509. The first-order chi connectivity index (χ1) is 8.38. The van der Waals surface area contributed by atoms with E-state index in [1.54, 1.807) is 0 Å². The fourth-order valence-corrected chi connectivity index (χ4v) is 2.27. The van der Waals surface area contributed by atoms with Crippen LogP contribution in [-0.4, -0.2) is 12.2 Å². The summed E-state index contributed by atoms with van der Waals surface area (Å²) in [5.74, 6) is 0. The van der Waals surface area contributed by atoms with E-state index in [0.717, 1.165) is 6.42 Å². The summed E-state index contributed by atoms with van der Waals surface area (Å²) in [4.78, 5) is 0. The third kappa shape index (κ3) is 4.91. The maximum atomic E-state index is 5.93. The van der Waals surface area contributed by atoms with Gasteiger partial charge in [0.15, 0.2) is 0 Å². The van der Waals surface area contributed by atoms with E-state index in [1.807, 2.05) is 13.8 Å². The van der Waals surface area contributed by atoms with Gasteiger partial charge >= 0.3 is 0 Å². The van der Waals surface area contributed by atoms with Gasteiger partial charge in [0, 0.05) is 0 Å². The van der Waals surface area contributed by atoms with Gasteiger partial charge in [0.05, 0.1) is 12.2 Å². The van der Waals surface area contributed by atoms with Gasteiger partial charge in [-0.3, -0.25) is 0 Å². The number of aryl methyl sites for hydroxylation is 1. The average molecular weight is 234 g/mol. The van der Waals surface area contributed by atoms with Crippen molar-refractivity contribution in [2.75, 3.05) is 0 Å². The van der Waals surface area contributed by atoms with Crippen LogP contribution in [0.3, 0.4) is 0 Å². The zero-order chi connectivity index (χ0) is 12.5. The van der Waals surface area contributed by atoms with Gasteiger partial charge in [-0.1, -0.05) is 51.1 Å². The Morgan fingerprint density at radius 1 is 1.06 bits per heavy atom. The van der Waals surface area contributed by atoms with Gasteiger partial charge in [0.25, 0.3) is 0 Å². The highest BCUT2D eigenvalue weighted by molar-refractivity contribution is 5.14. The topological polar surface area (TPSA) is 9.23 Å². The first-order valence-electron chi connectivity index (χ1n) is 7.08. The molecule has 1 fully saturated rings. The van der Waals surface area contributed by atoms with Gasteiger partial charge in [-0.05, 0) is 37.7 Å². The van der Waals surface area contributed by atoms with Crippen molar-refractivity contribution in [3.8, 4) is 0 Å². The minimum Gasteiger partial charge on any atom is -0.375 e. The fourth-order valence-electron chi connectivity index (χ4n) is 2.27. The lowest BCUT2D eigenvalue weighted by Gasteiger charge is -2.12. The molecule has 1 heteroatoms. The molecule has 1 aliphatic heterocycles. The molecule has 2 rings (SSSR count). The molecule has 0 spiro atoms. The van der Waals surface area contributed by atoms with Crippen molar-refractivity contribution in [3.63, 3.8) is 0 Å². The summed E-state index contributed by atoms with van der Waals surface area (Å²) in [5.41, 5.74) is 1.43. The summed E-state index contributed by atoms with van der Waals surface area (Å²) < 4.78 is 5.93. The Hall–Kier alpha value is -0.820. The van der Waals surface area contributed by atoms with Crippen LogP contribution >= 0.6 is 0 Å². The molecular weight excluding hydrogens is 208 g/mol. The molecule has 1 heterocycles. The Labute approximate surface area is 106 Å². The molecule has 1 aromatic carbocycles. The number of hydrogen-bond donors (Lipinski definition) is 0. The van der Waals surface area contributed by atoms with Gasteiger partial charge in [0.1, 0.15) is 0 Å². The van der Waals surface area contributed by atoms with E-state index >= 15 is 0 Å².